The van der Waals surface area contributed by atoms with Crippen LogP contribution < -0.4 is 19.8 Å². The molecule has 0 amide bonds. The third kappa shape index (κ3) is 2640. The van der Waals surface area contributed by atoms with Crippen molar-refractivity contribution in [1.29, 1.82) is 0 Å². The molecule has 0 fully saturated rings. The standard InChI is InChI=1S/CH2O3.2Mg.O3Si/c2-1(3)4;;;1-4(2)3/h(H2,2,3,4);;;/q;2*+2;-2/p-2. The van der Waals surface area contributed by atoms with E-state index in [1.807, 2.05) is 0 Å². The van der Waals surface area contributed by atoms with Crippen molar-refractivity contribution >= 4 is 61.4 Å². The normalized spacial score (nSPS) is 4.80. The van der Waals surface area contributed by atoms with Gasteiger partial charge in [0, 0.05) is 9.17 Å². The Kier molecular flexibility index (Phi) is 36.3. The van der Waals surface area contributed by atoms with Crippen molar-refractivity contribution in [2.75, 3.05) is 0 Å². The minimum Gasteiger partial charge on any atom is -0.672 e. The predicted molar refractivity (Wildman–Crippen MR) is 23.3 cm³/mol. The van der Waals surface area contributed by atoms with Gasteiger partial charge in [-0.1, -0.05) is 0 Å². The molecule has 0 bridgehead atoms. The summed E-state index contributed by atoms with van der Waals surface area (Å²) in [4.78, 5) is 25.4. The van der Waals surface area contributed by atoms with E-state index in [0.29, 0.717) is 0 Å². The van der Waals surface area contributed by atoms with Crippen molar-refractivity contribution in [2.45, 2.75) is 0 Å². The smallest absolute Gasteiger partial charge is 0.672 e. The van der Waals surface area contributed by atoms with Gasteiger partial charge in [0.05, 0.1) is 0 Å². The molecule has 0 aliphatic heterocycles. The van der Waals surface area contributed by atoms with Crippen LogP contribution in [0.25, 0.3) is 0 Å². The first-order valence-electron chi connectivity index (χ1n) is 1.22. The van der Waals surface area contributed by atoms with Crippen molar-refractivity contribution in [3.05, 3.63) is 0 Å². The molecule has 0 unspecified atom stereocenters. The molecule has 0 N–H and O–H groups in total. The number of carboxylic acid groups (broad SMARTS) is 2. The van der Waals surface area contributed by atoms with Gasteiger partial charge in [-0.15, -0.1) is 0 Å². The molecule has 0 atom stereocenters. The Morgan fingerprint density at radius 2 is 1.10 bits per heavy atom. The topological polar surface area (TPSA) is 126 Å². The van der Waals surface area contributed by atoms with E-state index in [4.69, 9.17) is 29.1 Å². The predicted octanol–water partition coefficient (Wildman–Crippen LogP) is -6.09. The third-order valence-electron chi connectivity index (χ3n) is 0. The molecule has 48 valence electrons. The van der Waals surface area contributed by atoms with Gasteiger partial charge < -0.3 is 29.1 Å². The van der Waals surface area contributed by atoms with Crippen LogP contribution in [0.4, 0.5) is 4.79 Å². The Hall–Kier alpha value is 0.419. The van der Waals surface area contributed by atoms with E-state index in [9.17, 15) is 0 Å². The fraction of sp³-hybridized carbons (Fsp3) is 0. The van der Waals surface area contributed by atoms with E-state index in [-0.39, 0.29) is 46.1 Å². The Morgan fingerprint density at radius 1 is 1.10 bits per heavy atom. The molecule has 0 heterocycles. The van der Waals surface area contributed by atoms with Crippen LogP contribution in [0.15, 0.2) is 0 Å². The number of carbonyl (C=O) groups excluding carboxylic acids is 1. The molecular weight excluding hydrogens is 185 g/mol. The quantitative estimate of drug-likeness (QED) is 0.345. The molecule has 0 spiro atoms. The summed E-state index contributed by atoms with van der Waals surface area (Å²) in [5.41, 5.74) is 0. The van der Waals surface area contributed by atoms with Gasteiger partial charge in [-0.3, -0.25) is 0 Å². The largest absolute Gasteiger partial charge is 2.00 e. The molecule has 0 radical (unpaired) electrons. The average Bonchev–Trinajstić information content (AvgIpc) is 1.25. The fourth-order valence-electron chi connectivity index (χ4n) is 0. The van der Waals surface area contributed by atoms with Crippen LogP contribution in [0.3, 0.4) is 0 Å². The van der Waals surface area contributed by atoms with E-state index < -0.39 is 15.3 Å². The maximum Gasteiger partial charge on any atom is 2.00 e. The van der Waals surface area contributed by atoms with Crippen LogP contribution in [0.5, 0.6) is 0 Å². The van der Waals surface area contributed by atoms with Crippen LogP contribution in [-0.4, -0.2) is 61.4 Å². The van der Waals surface area contributed by atoms with Crippen LogP contribution in [0, 0.1) is 0 Å². The van der Waals surface area contributed by atoms with E-state index in [2.05, 4.69) is 0 Å². The fourth-order valence-corrected chi connectivity index (χ4v) is 0. The summed E-state index contributed by atoms with van der Waals surface area (Å²) in [7, 11) is -3.63. The van der Waals surface area contributed by atoms with Crippen molar-refractivity contribution in [3.63, 3.8) is 0 Å². The Bertz CT molecular complexity index is 73.7. The zero-order valence-corrected chi connectivity index (χ0v) is 8.69. The van der Waals surface area contributed by atoms with Gasteiger partial charge in [0.15, 0.2) is 0 Å². The van der Waals surface area contributed by atoms with Crippen LogP contribution in [0.2, 0.25) is 0 Å². The zero-order chi connectivity index (χ0) is 7.15. The van der Waals surface area contributed by atoms with Crippen LogP contribution >= 0.6 is 0 Å². The summed E-state index contributed by atoms with van der Waals surface area (Å²) in [6.07, 6.45) is -2.33. The zero-order valence-electron chi connectivity index (χ0n) is 4.86. The SMILES string of the molecule is O=C([O-])[O-].O=[Si]([O-])[O-].[Mg+2].[Mg+2]. The Balaban J connectivity index is -0.0000000300. The van der Waals surface area contributed by atoms with Gasteiger partial charge >= 0.3 is 46.1 Å². The minimum atomic E-state index is -3.63. The van der Waals surface area contributed by atoms with E-state index in [1.165, 1.54) is 0 Å². The second kappa shape index (κ2) is 16.2. The second-order valence-corrected chi connectivity index (χ2v) is 1.00. The number of carbonyl (C=O) groups is 1. The molecule has 0 rings (SSSR count). The van der Waals surface area contributed by atoms with Crippen molar-refractivity contribution in [3.8, 4) is 0 Å². The molecular formula is CMg2O6Si. The number of hydrogen-bond acceptors (Lipinski definition) is 6. The summed E-state index contributed by atoms with van der Waals surface area (Å²) >= 11 is 0. The molecule has 0 aromatic heterocycles. The molecule has 10 heavy (non-hydrogen) atoms. The molecule has 0 aliphatic carbocycles. The first kappa shape index (κ1) is 22.4. The van der Waals surface area contributed by atoms with Crippen molar-refractivity contribution in [2.24, 2.45) is 0 Å². The molecule has 0 saturated heterocycles. The summed E-state index contributed by atoms with van der Waals surface area (Å²) < 4.78 is 8.52. The maximum absolute atomic E-state index is 8.52. The third-order valence-corrected chi connectivity index (χ3v) is 0. The summed E-state index contributed by atoms with van der Waals surface area (Å²) in [6.45, 7) is 0. The van der Waals surface area contributed by atoms with Gasteiger partial charge in [-0.05, 0) is 6.16 Å². The van der Waals surface area contributed by atoms with Gasteiger partial charge in [0.1, 0.15) is 0 Å². The van der Waals surface area contributed by atoms with Gasteiger partial charge in [-0.2, -0.15) is 0 Å². The second-order valence-electron chi connectivity index (χ2n) is 0.500. The Morgan fingerprint density at radius 3 is 1.10 bits per heavy atom. The molecule has 0 aromatic rings. The van der Waals surface area contributed by atoms with Crippen molar-refractivity contribution in [1.82, 2.24) is 0 Å². The first-order chi connectivity index (χ1) is 3.46. The van der Waals surface area contributed by atoms with Crippen LogP contribution in [-0.2, 0) is 4.46 Å². The summed E-state index contributed by atoms with van der Waals surface area (Å²) in [6, 6.07) is 0. The Labute approximate surface area is 90.1 Å². The van der Waals surface area contributed by atoms with Crippen molar-refractivity contribution < 1.29 is 29.1 Å². The van der Waals surface area contributed by atoms with Crippen LogP contribution in [0.1, 0.15) is 0 Å². The van der Waals surface area contributed by atoms with Gasteiger partial charge in [0.25, 0.3) is 0 Å². The summed E-state index contributed by atoms with van der Waals surface area (Å²) in [5, 5.41) is 16.7. The minimum absolute atomic E-state index is 0. The van der Waals surface area contributed by atoms with E-state index in [1.54, 1.807) is 0 Å². The van der Waals surface area contributed by atoms with Gasteiger partial charge in [-0.25, -0.2) is 0 Å². The summed E-state index contributed by atoms with van der Waals surface area (Å²) in [5.74, 6) is 0. The monoisotopic (exact) mass is 184 g/mol. The molecule has 6 nitrogen and oxygen atoms in total. The number of hydrogen-bond donors (Lipinski definition) is 0. The van der Waals surface area contributed by atoms with Gasteiger partial charge in [0.2, 0.25) is 0 Å². The molecule has 9 heteroatoms. The first-order valence-corrected chi connectivity index (χ1v) is 2.45. The maximum atomic E-state index is 8.52. The van der Waals surface area contributed by atoms with E-state index in [0.717, 1.165) is 0 Å². The van der Waals surface area contributed by atoms with E-state index >= 15 is 0 Å². The molecule has 0 aromatic carbocycles. The molecule has 0 aliphatic rings. The average molecular weight is 185 g/mol. The number of rotatable bonds is 0. The molecule has 0 saturated carbocycles.